The number of para-hydroxylation sites is 1. The van der Waals surface area contributed by atoms with Crippen LogP contribution in [0.1, 0.15) is 24.0 Å². The second-order valence-corrected chi connectivity index (χ2v) is 9.66. The summed E-state index contributed by atoms with van der Waals surface area (Å²) in [5.41, 5.74) is 4.78. The number of aliphatic hydroxyl groups is 3. The van der Waals surface area contributed by atoms with Crippen LogP contribution < -0.4 is 5.73 Å². The number of amides is 1. The Bertz CT molecular complexity index is 1560. The van der Waals surface area contributed by atoms with Gasteiger partial charge in [0.1, 0.15) is 22.8 Å². The number of rotatable bonds is 2. The van der Waals surface area contributed by atoms with Gasteiger partial charge in [-0.1, -0.05) is 18.2 Å². The Morgan fingerprint density at radius 3 is 2.53 bits per heavy atom. The summed E-state index contributed by atoms with van der Waals surface area (Å²) in [6.45, 7) is 0. The Kier molecular flexibility index (Phi) is 4.49. The summed E-state index contributed by atoms with van der Waals surface area (Å²) < 4.78 is 0. The third-order valence-corrected chi connectivity index (χ3v) is 7.77. The molecule has 0 unspecified atom stereocenters. The van der Waals surface area contributed by atoms with E-state index in [4.69, 9.17) is 5.73 Å². The summed E-state index contributed by atoms with van der Waals surface area (Å²) in [7, 11) is 0. The molecule has 3 atom stereocenters. The van der Waals surface area contributed by atoms with Crippen molar-refractivity contribution in [2.24, 2.45) is 17.6 Å². The number of hydrogen-bond donors (Lipinski definition) is 6. The minimum absolute atomic E-state index is 0.0679. The number of H-pyrrole nitrogens is 1. The first-order chi connectivity index (χ1) is 17.1. The highest BCUT2D eigenvalue weighted by Crippen LogP contribution is 2.53. The number of aromatic amines is 1. The van der Waals surface area contributed by atoms with Crippen LogP contribution in [-0.4, -0.2) is 48.5 Å². The second kappa shape index (κ2) is 7.32. The topological polar surface area (TPSA) is 174 Å². The number of Topliss-reactive ketones (excluding diaryl/α,β-unsaturated/α-hetero) is 2. The maximum absolute atomic E-state index is 13.6. The number of carbonyl (C=O) groups is 3. The number of primary amides is 1. The number of aliphatic hydroxyl groups excluding tert-OH is 2. The van der Waals surface area contributed by atoms with Crippen molar-refractivity contribution in [2.45, 2.75) is 24.9 Å². The summed E-state index contributed by atoms with van der Waals surface area (Å²) in [5, 5.41) is 44.9. The van der Waals surface area contributed by atoms with Gasteiger partial charge >= 0.3 is 0 Å². The lowest BCUT2D eigenvalue weighted by atomic mass is 9.59. The number of nitrogens with two attached hydrogens (primary N) is 1. The number of nitrogens with one attached hydrogen (secondary N) is 1. The second-order valence-electron chi connectivity index (χ2n) is 9.66. The molecule has 3 aliphatic rings. The number of hydrogen-bond acceptors (Lipinski definition) is 7. The molecule has 1 heterocycles. The van der Waals surface area contributed by atoms with E-state index >= 15 is 0 Å². The van der Waals surface area contributed by atoms with Gasteiger partial charge in [0.25, 0.3) is 5.91 Å². The molecule has 0 saturated heterocycles. The van der Waals surface area contributed by atoms with Crippen LogP contribution in [0.5, 0.6) is 5.75 Å². The van der Waals surface area contributed by atoms with E-state index in [1.165, 1.54) is 6.07 Å². The summed E-state index contributed by atoms with van der Waals surface area (Å²) in [6.07, 6.45) is -0.0188. The summed E-state index contributed by atoms with van der Waals surface area (Å²) >= 11 is 0. The van der Waals surface area contributed by atoms with E-state index in [0.29, 0.717) is 5.56 Å². The van der Waals surface area contributed by atoms with Crippen LogP contribution in [0, 0.1) is 11.8 Å². The number of fused-ring (bicyclic) bond motifs is 4. The van der Waals surface area contributed by atoms with E-state index in [-0.39, 0.29) is 36.1 Å². The van der Waals surface area contributed by atoms with Gasteiger partial charge in [0.2, 0.25) is 5.78 Å². The minimum Gasteiger partial charge on any atom is -0.508 e. The van der Waals surface area contributed by atoms with Crippen LogP contribution >= 0.6 is 0 Å². The minimum atomic E-state index is -2.57. The third kappa shape index (κ3) is 2.77. The van der Waals surface area contributed by atoms with Crippen LogP contribution in [0.2, 0.25) is 0 Å². The van der Waals surface area contributed by atoms with E-state index in [9.17, 15) is 34.8 Å². The van der Waals surface area contributed by atoms with Gasteiger partial charge in [-0.2, -0.15) is 0 Å². The first-order valence-electron chi connectivity index (χ1n) is 11.5. The third-order valence-electron chi connectivity index (χ3n) is 7.77. The first-order valence-corrected chi connectivity index (χ1v) is 11.5. The molecule has 0 spiro atoms. The predicted octanol–water partition coefficient (Wildman–Crippen LogP) is 2.57. The lowest BCUT2D eigenvalue weighted by Gasteiger charge is -2.46. The zero-order valence-electron chi connectivity index (χ0n) is 18.9. The summed E-state index contributed by atoms with van der Waals surface area (Å²) in [6, 6.07) is 12.8. The molecule has 0 radical (unpaired) electrons. The molecule has 0 aliphatic heterocycles. The molecule has 1 amide bonds. The van der Waals surface area contributed by atoms with Crippen molar-refractivity contribution < 1.29 is 34.8 Å². The molecule has 3 aromatic rings. The highest BCUT2D eigenvalue weighted by Gasteiger charge is 2.60. The number of benzene rings is 2. The SMILES string of the molecule is NC(=O)C1=C(O)[C@@]2(O)C(=O)C3=C(O)c4c(O)ccc(-c5cc6ccccc6[nH]5)c4C[C@H]3C[C@H]2CC1=O. The molecule has 3 aliphatic carbocycles. The van der Waals surface area contributed by atoms with Gasteiger partial charge in [-0.05, 0) is 48.6 Å². The molecule has 2 aromatic carbocycles. The molecule has 1 aromatic heterocycles. The Labute approximate surface area is 204 Å². The first kappa shape index (κ1) is 22.1. The van der Waals surface area contributed by atoms with Gasteiger partial charge in [-0.25, -0.2) is 0 Å². The maximum atomic E-state index is 13.6. The van der Waals surface area contributed by atoms with Gasteiger partial charge in [0, 0.05) is 40.1 Å². The number of aromatic hydroxyl groups is 1. The van der Waals surface area contributed by atoms with Crippen molar-refractivity contribution in [1.29, 1.82) is 0 Å². The van der Waals surface area contributed by atoms with Crippen molar-refractivity contribution in [2.75, 3.05) is 0 Å². The molecule has 9 heteroatoms. The molecular weight excluding hydrogens is 464 g/mol. The van der Waals surface area contributed by atoms with Crippen LogP contribution in [0.25, 0.3) is 27.9 Å². The monoisotopic (exact) mass is 486 g/mol. The molecule has 9 nitrogen and oxygen atoms in total. The van der Waals surface area contributed by atoms with E-state index in [2.05, 4.69) is 4.98 Å². The normalized spacial score (nSPS) is 25.6. The molecule has 1 saturated carbocycles. The smallest absolute Gasteiger partial charge is 0.255 e. The molecule has 36 heavy (non-hydrogen) atoms. The number of aromatic nitrogens is 1. The average Bonchev–Trinajstić information content (AvgIpc) is 3.25. The van der Waals surface area contributed by atoms with E-state index in [1.54, 1.807) is 6.07 Å². The fourth-order valence-corrected chi connectivity index (χ4v) is 6.09. The highest BCUT2D eigenvalue weighted by atomic mass is 16.3. The largest absolute Gasteiger partial charge is 0.508 e. The van der Waals surface area contributed by atoms with Crippen molar-refractivity contribution >= 4 is 34.1 Å². The molecular formula is C27H22N2O7. The quantitative estimate of drug-likeness (QED) is 0.302. The molecule has 0 bridgehead atoms. The van der Waals surface area contributed by atoms with Crippen LogP contribution in [-0.2, 0) is 20.8 Å². The van der Waals surface area contributed by atoms with Gasteiger partial charge in [0.05, 0.1) is 5.56 Å². The molecule has 182 valence electrons. The fraction of sp³-hybridized carbons (Fsp3) is 0.222. The Morgan fingerprint density at radius 1 is 1.06 bits per heavy atom. The van der Waals surface area contributed by atoms with Crippen molar-refractivity contribution in [3.63, 3.8) is 0 Å². The van der Waals surface area contributed by atoms with Gasteiger partial charge in [-0.3, -0.25) is 14.4 Å². The fourth-order valence-electron chi connectivity index (χ4n) is 6.09. The van der Waals surface area contributed by atoms with Crippen LogP contribution in [0.4, 0.5) is 0 Å². The summed E-state index contributed by atoms with van der Waals surface area (Å²) in [5.74, 6) is -6.41. The van der Waals surface area contributed by atoms with Crippen LogP contribution in [0.15, 0.2) is 59.4 Å². The predicted molar refractivity (Wildman–Crippen MR) is 129 cm³/mol. The van der Waals surface area contributed by atoms with E-state index in [1.807, 2.05) is 30.3 Å². The Morgan fingerprint density at radius 2 is 1.81 bits per heavy atom. The lowest BCUT2D eigenvalue weighted by molar-refractivity contribution is -0.147. The number of ketones is 2. The number of phenolic OH excluding ortho intramolecular Hbond substituents is 1. The Balaban J connectivity index is 1.54. The highest BCUT2D eigenvalue weighted by molar-refractivity contribution is 6.22. The lowest BCUT2D eigenvalue weighted by Crippen LogP contribution is -2.58. The maximum Gasteiger partial charge on any atom is 0.255 e. The number of phenols is 1. The van der Waals surface area contributed by atoms with Gasteiger partial charge in [-0.15, -0.1) is 0 Å². The van der Waals surface area contributed by atoms with Crippen molar-refractivity contribution in [1.82, 2.24) is 4.98 Å². The van der Waals surface area contributed by atoms with Gasteiger partial charge in [0.15, 0.2) is 11.4 Å². The zero-order chi connectivity index (χ0) is 25.5. The molecule has 6 rings (SSSR count). The zero-order valence-corrected chi connectivity index (χ0v) is 18.9. The standard InChI is InChI=1S/C27H22N2O7/c28-26(35)22-19(31)10-13-7-12-8-15-14(17-9-11-3-1-2-4-16(11)29-17)5-6-18(30)21(15)23(32)20(12)24(33)27(13,36)25(22)34/h1-6,9,12-13,29-30,32,34,36H,7-8,10H2,(H2,28,35)/t12-,13+,27+/m1/s1. The van der Waals surface area contributed by atoms with Crippen molar-refractivity contribution in [3.8, 4) is 17.0 Å². The van der Waals surface area contributed by atoms with Crippen molar-refractivity contribution in [3.05, 3.63) is 70.5 Å². The average molecular weight is 486 g/mol. The number of carbonyl (C=O) groups excluding carboxylic acids is 3. The van der Waals surface area contributed by atoms with Gasteiger partial charge < -0.3 is 31.1 Å². The van der Waals surface area contributed by atoms with E-state index < -0.39 is 52.0 Å². The van der Waals surface area contributed by atoms with Crippen LogP contribution in [0.3, 0.4) is 0 Å². The summed E-state index contributed by atoms with van der Waals surface area (Å²) in [4.78, 5) is 41.2. The molecule has 7 N–H and O–H groups in total. The molecule has 1 fully saturated rings. The van der Waals surface area contributed by atoms with E-state index in [0.717, 1.165) is 22.2 Å². The Hall–Kier alpha value is -4.37.